The van der Waals surface area contributed by atoms with Crippen LogP contribution in [-0.2, 0) is 9.53 Å². The number of hydrogen-bond acceptors (Lipinski definition) is 2. The SMILES string of the molecule is CCC[C@@H]1C[C@H](C(=O)N(CC(F)(F)F)C(C)C)CCO1. The van der Waals surface area contributed by atoms with Crippen molar-refractivity contribution in [3.05, 3.63) is 0 Å². The summed E-state index contributed by atoms with van der Waals surface area (Å²) >= 11 is 0. The first-order valence-corrected chi connectivity index (χ1v) is 7.23. The summed E-state index contributed by atoms with van der Waals surface area (Å²) < 4.78 is 43.3. The van der Waals surface area contributed by atoms with Gasteiger partial charge in [-0.25, -0.2) is 0 Å². The Hall–Kier alpha value is -0.780. The fourth-order valence-electron chi connectivity index (χ4n) is 2.57. The van der Waals surface area contributed by atoms with Crippen molar-refractivity contribution in [2.45, 2.75) is 64.8 Å². The van der Waals surface area contributed by atoms with Gasteiger partial charge in [0.05, 0.1) is 6.10 Å². The Bertz CT molecular complexity index is 316. The van der Waals surface area contributed by atoms with Gasteiger partial charge in [-0.2, -0.15) is 13.2 Å². The smallest absolute Gasteiger partial charge is 0.378 e. The van der Waals surface area contributed by atoms with Crippen molar-refractivity contribution >= 4 is 5.91 Å². The van der Waals surface area contributed by atoms with E-state index in [1.54, 1.807) is 13.8 Å². The van der Waals surface area contributed by atoms with E-state index in [0.717, 1.165) is 17.7 Å². The van der Waals surface area contributed by atoms with E-state index in [1.807, 2.05) is 6.92 Å². The molecule has 0 aromatic heterocycles. The highest BCUT2D eigenvalue weighted by Gasteiger charge is 2.38. The molecule has 1 amide bonds. The van der Waals surface area contributed by atoms with Gasteiger partial charge in [-0.05, 0) is 33.1 Å². The van der Waals surface area contributed by atoms with Gasteiger partial charge in [-0.3, -0.25) is 4.79 Å². The molecule has 1 heterocycles. The maximum Gasteiger partial charge on any atom is 0.406 e. The molecule has 0 aliphatic carbocycles. The van der Waals surface area contributed by atoms with Crippen molar-refractivity contribution in [2.24, 2.45) is 5.92 Å². The summed E-state index contributed by atoms with van der Waals surface area (Å²) in [6.07, 6.45) is -1.50. The molecule has 1 fully saturated rings. The normalized spacial score (nSPS) is 23.9. The number of carbonyl (C=O) groups excluding carboxylic acids is 1. The molecule has 0 aromatic rings. The lowest BCUT2D eigenvalue weighted by Crippen LogP contribution is -2.47. The van der Waals surface area contributed by atoms with E-state index in [-0.39, 0.29) is 17.9 Å². The van der Waals surface area contributed by atoms with E-state index in [9.17, 15) is 18.0 Å². The van der Waals surface area contributed by atoms with Gasteiger partial charge < -0.3 is 9.64 Å². The number of amides is 1. The molecule has 6 heteroatoms. The summed E-state index contributed by atoms with van der Waals surface area (Å²) in [6, 6.07) is -0.448. The highest BCUT2D eigenvalue weighted by Crippen LogP contribution is 2.27. The van der Waals surface area contributed by atoms with Gasteiger partial charge in [0.1, 0.15) is 6.54 Å². The fourth-order valence-corrected chi connectivity index (χ4v) is 2.57. The summed E-state index contributed by atoms with van der Waals surface area (Å²) in [7, 11) is 0. The average molecular weight is 295 g/mol. The number of rotatable bonds is 5. The molecule has 0 unspecified atom stereocenters. The van der Waals surface area contributed by atoms with Crippen LogP contribution in [0.4, 0.5) is 13.2 Å². The second kappa shape index (κ2) is 7.29. The van der Waals surface area contributed by atoms with Gasteiger partial charge in [-0.15, -0.1) is 0 Å². The Kier molecular flexibility index (Phi) is 6.30. The largest absolute Gasteiger partial charge is 0.406 e. The van der Waals surface area contributed by atoms with Crippen LogP contribution in [0.2, 0.25) is 0 Å². The van der Waals surface area contributed by atoms with Gasteiger partial charge in [0.2, 0.25) is 5.91 Å². The number of carbonyl (C=O) groups is 1. The summed E-state index contributed by atoms with van der Waals surface area (Å²) in [6.45, 7) is 4.55. The Morgan fingerprint density at radius 1 is 1.40 bits per heavy atom. The Morgan fingerprint density at radius 3 is 2.55 bits per heavy atom. The molecule has 0 radical (unpaired) electrons. The van der Waals surface area contributed by atoms with Crippen molar-refractivity contribution in [2.75, 3.05) is 13.2 Å². The fraction of sp³-hybridized carbons (Fsp3) is 0.929. The average Bonchev–Trinajstić information content (AvgIpc) is 2.34. The van der Waals surface area contributed by atoms with Crippen LogP contribution in [0.3, 0.4) is 0 Å². The molecule has 1 rings (SSSR count). The highest BCUT2D eigenvalue weighted by atomic mass is 19.4. The lowest BCUT2D eigenvalue weighted by Gasteiger charge is -2.35. The van der Waals surface area contributed by atoms with Crippen LogP contribution in [0.25, 0.3) is 0 Å². The van der Waals surface area contributed by atoms with Crippen LogP contribution in [0.1, 0.15) is 46.5 Å². The summed E-state index contributed by atoms with van der Waals surface area (Å²) in [4.78, 5) is 13.3. The van der Waals surface area contributed by atoms with Crippen LogP contribution in [0.15, 0.2) is 0 Å². The lowest BCUT2D eigenvalue weighted by atomic mass is 9.92. The van der Waals surface area contributed by atoms with Crippen molar-refractivity contribution in [3.8, 4) is 0 Å². The first kappa shape index (κ1) is 17.3. The first-order valence-electron chi connectivity index (χ1n) is 7.23. The van der Waals surface area contributed by atoms with Gasteiger partial charge in [-0.1, -0.05) is 13.3 Å². The zero-order chi connectivity index (χ0) is 15.3. The van der Waals surface area contributed by atoms with Crippen molar-refractivity contribution in [3.63, 3.8) is 0 Å². The van der Waals surface area contributed by atoms with Gasteiger partial charge in [0, 0.05) is 18.6 Å². The summed E-state index contributed by atoms with van der Waals surface area (Å²) in [5, 5.41) is 0. The van der Waals surface area contributed by atoms with Crippen molar-refractivity contribution in [1.82, 2.24) is 4.90 Å². The minimum Gasteiger partial charge on any atom is -0.378 e. The van der Waals surface area contributed by atoms with E-state index < -0.39 is 18.8 Å². The Balaban J connectivity index is 2.69. The third-order valence-corrected chi connectivity index (χ3v) is 3.58. The molecule has 0 saturated carbocycles. The van der Waals surface area contributed by atoms with Gasteiger partial charge >= 0.3 is 6.18 Å². The highest BCUT2D eigenvalue weighted by molar-refractivity contribution is 5.79. The molecule has 118 valence electrons. The molecule has 1 aliphatic rings. The van der Waals surface area contributed by atoms with E-state index in [0.29, 0.717) is 19.4 Å². The number of ether oxygens (including phenoxy) is 1. The minimum absolute atomic E-state index is 0.00241. The standard InChI is InChI=1S/C14H24F3NO2/c1-4-5-12-8-11(6-7-20-12)13(19)18(10(2)3)9-14(15,16)17/h10-12H,4-9H2,1-3H3/t11-,12-/m1/s1. The molecule has 2 atom stereocenters. The molecule has 0 N–H and O–H groups in total. The molecular formula is C14H24F3NO2. The second-order valence-corrected chi connectivity index (χ2v) is 5.68. The van der Waals surface area contributed by atoms with Crippen LogP contribution >= 0.6 is 0 Å². The number of halogens is 3. The monoisotopic (exact) mass is 295 g/mol. The van der Waals surface area contributed by atoms with E-state index >= 15 is 0 Å². The maximum absolute atomic E-state index is 12.6. The second-order valence-electron chi connectivity index (χ2n) is 5.68. The van der Waals surface area contributed by atoms with Crippen LogP contribution < -0.4 is 0 Å². The molecule has 0 spiro atoms. The molecule has 0 aromatic carbocycles. The predicted molar refractivity (Wildman–Crippen MR) is 70.3 cm³/mol. The Morgan fingerprint density at radius 2 is 2.05 bits per heavy atom. The van der Waals surface area contributed by atoms with E-state index in [1.165, 1.54) is 0 Å². The lowest BCUT2D eigenvalue weighted by molar-refractivity contribution is -0.169. The first-order chi connectivity index (χ1) is 9.24. The van der Waals surface area contributed by atoms with Crippen LogP contribution in [0, 0.1) is 5.92 Å². The third kappa shape index (κ3) is 5.31. The van der Waals surface area contributed by atoms with Crippen molar-refractivity contribution in [1.29, 1.82) is 0 Å². The van der Waals surface area contributed by atoms with Gasteiger partial charge in [0.15, 0.2) is 0 Å². The number of nitrogens with zero attached hydrogens (tertiary/aromatic N) is 1. The van der Waals surface area contributed by atoms with E-state index in [2.05, 4.69) is 0 Å². The maximum atomic E-state index is 12.6. The summed E-state index contributed by atoms with van der Waals surface area (Å²) in [5.74, 6) is -0.730. The molecule has 0 bridgehead atoms. The van der Waals surface area contributed by atoms with E-state index in [4.69, 9.17) is 4.74 Å². The molecule has 3 nitrogen and oxygen atoms in total. The van der Waals surface area contributed by atoms with Gasteiger partial charge in [0.25, 0.3) is 0 Å². The van der Waals surface area contributed by atoms with Crippen LogP contribution in [0.5, 0.6) is 0 Å². The minimum atomic E-state index is -4.35. The van der Waals surface area contributed by atoms with Crippen LogP contribution in [-0.4, -0.2) is 42.3 Å². The third-order valence-electron chi connectivity index (χ3n) is 3.58. The number of alkyl halides is 3. The number of hydrogen-bond donors (Lipinski definition) is 0. The zero-order valence-electron chi connectivity index (χ0n) is 12.4. The zero-order valence-corrected chi connectivity index (χ0v) is 12.4. The molecule has 1 saturated heterocycles. The molecule has 1 aliphatic heterocycles. The Labute approximate surface area is 118 Å². The predicted octanol–water partition coefficient (Wildman–Crippen LogP) is 3.38. The molecule has 20 heavy (non-hydrogen) atoms. The quantitative estimate of drug-likeness (QED) is 0.778. The molecular weight excluding hydrogens is 271 g/mol. The topological polar surface area (TPSA) is 29.5 Å². The summed E-state index contributed by atoms with van der Waals surface area (Å²) in [5.41, 5.74) is 0. The van der Waals surface area contributed by atoms with Crippen molar-refractivity contribution < 1.29 is 22.7 Å².